The number of nitrogens with two attached hydrogens (primary N) is 1. The Morgan fingerprint density at radius 3 is 2.12 bits per heavy atom. The fourth-order valence-corrected chi connectivity index (χ4v) is 3.04. The molecule has 0 atom stereocenters. The Morgan fingerprint density at radius 1 is 0.875 bits per heavy atom. The molecule has 0 saturated heterocycles. The molecule has 3 N–H and O–H groups in total. The third-order valence-corrected chi connectivity index (χ3v) is 4.53. The van der Waals surface area contributed by atoms with E-state index in [1.807, 2.05) is 0 Å². The largest absolute Gasteiger partial charge is 0.573 e. The van der Waals surface area contributed by atoms with Crippen LogP contribution in [0.15, 0.2) is 48.7 Å². The number of hydrogen-bond acceptors (Lipinski definition) is 6. The zero-order chi connectivity index (χ0) is 30.0. The van der Waals surface area contributed by atoms with Crippen molar-refractivity contribution >= 4 is 41.0 Å². The summed E-state index contributed by atoms with van der Waals surface area (Å²) in [4.78, 5) is 27.9. The minimum atomic E-state index is -5.17. The summed E-state index contributed by atoms with van der Waals surface area (Å²) in [6.45, 7) is 0. The third-order valence-electron chi connectivity index (χ3n) is 4.53. The summed E-state index contributed by atoms with van der Waals surface area (Å²) in [7, 11) is 15.9. The van der Waals surface area contributed by atoms with Gasteiger partial charge in [-0.05, 0) is 41.7 Å². The SMILES string of the molecule is [B]C([B])([B])Oc1cc(OC(F)(F)F)ccc1Oc1cc(C(F)(F)F)cc(F)c1C(=O)Nc1ccnc(C(N)=O)c1. The highest BCUT2D eigenvalue weighted by Crippen LogP contribution is 2.41. The van der Waals surface area contributed by atoms with E-state index in [9.17, 15) is 40.3 Å². The molecule has 0 unspecified atom stereocenters. The third kappa shape index (κ3) is 8.07. The van der Waals surface area contributed by atoms with E-state index >= 15 is 0 Å². The molecule has 0 aliphatic heterocycles. The molecular formula is C22H11B3F7N3O5. The van der Waals surface area contributed by atoms with Crippen LogP contribution in [0.2, 0.25) is 0 Å². The average molecular weight is 563 g/mol. The van der Waals surface area contributed by atoms with Crippen molar-refractivity contribution in [2.75, 3.05) is 5.32 Å². The van der Waals surface area contributed by atoms with Crippen LogP contribution in [0.3, 0.4) is 0 Å². The Kier molecular flexibility index (Phi) is 8.31. The molecule has 0 saturated carbocycles. The van der Waals surface area contributed by atoms with Gasteiger partial charge in [0.15, 0.2) is 11.5 Å². The molecule has 1 heterocycles. The molecule has 0 spiro atoms. The fourth-order valence-electron chi connectivity index (χ4n) is 3.04. The number of benzene rings is 2. The van der Waals surface area contributed by atoms with Crippen LogP contribution in [0, 0.1) is 5.82 Å². The van der Waals surface area contributed by atoms with Crippen molar-refractivity contribution < 1.29 is 54.5 Å². The molecule has 0 bridgehead atoms. The number of pyridine rings is 1. The van der Waals surface area contributed by atoms with E-state index in [2.05, 4.69) is 15.0 Å². The Bertz CT molecular complexity index is 1450. The minimum Gasteiger partial charge on any atom is -0.512 e. The van der Waals surface area contributed by atoms with Crippen LogP contribution in [0.25, 0.3) is 0 Å². The fraction of sp³-hybridized carbons (Fsp3) is 0.136. The van der Waals surface area contributed by atoms with E-state index in [4.69, 9.17) is 38.7 Å². The number of nitrogens with zero attached hydrogens (tertiary/aromatic N) is 1. The second-order valence-electron chi connectivity index (χ2n) is 7.79. The van der Waals surface area contributed by atoms with Gasteiger partial charge in [0.25, 0.3) is 11.8 Å². The summed E-state index contributed by atoms with van der Waals surface area (Å²) in [5.41, 5.74) is 1.96. The highest BCUT2D eigenvalue weighted by Gasteiger charge is 2.35. The number of primary amides is 1. The van der Waals surface area contributed by atoms with Crippen LogP contribution in [0.1, 0.15) is 26.4 Å². The van der Waals surface area contributed by atoms with Gasteiger partial charge in [-0.2, -0.15) is 13.2 Å². The summed E-state index contributed by atoms with van der Waals surface area (Å²) in [6.07, 6.45) is -9.23. The number of anilines is 1. The zero-order valence-corrected chi connectivity index (χ0v) is 19.6. The molecule has 2 aromatic carbocycles. The smallest absolute Gasteiger partial charge is 0.512 e. The molecule has 0 aliphatic rings. The molecule has 0 aliphatic carbocycles. The highest BCUT2D eigenvalue weighted by molar-refractivity contribution is 6.58. The normalized spacial score (nSPS) is 12.0. The van der Waals surface area contributed by atoms with Crippen LogP contribution in [-0.2, 0) is 6.18 Å². The molecule has 8 nitrogen and oxygen atoms in total. The predicted molar refractivity (Wildman–Crippen MR) is 126 cm³/mol. The number of amides is 2. The summed E-state index contributed by atoms with van der Waals surface area (Å²) in [5.74, 6) is -7.53. The van der Waals surface area contributed by atoms with Crippen LogP contribution in [0.4, 0.5) is 36.4 Å². The molecule has 0 fully saturated rings. The maximum Gasteiger partial charge on any atom is 0.573 e. The van der Waals surface area contributed by atoms with Crippen molar-refractivity contribution in [1.29, 1.82) is 0 Å². The van der Waals surface area contributed by atoms with Crippen molar-refractivity contribution in [3.05, 3.63) is 71.3 Å². The standard InChI is InChI=1S/C22H11B3F7N3O5/c23-21(24,25)40-15-8-11(39-22(30,31)32)1-2-14(15)38-16-6-9(20(27,28)29)5-12(26)17(16)19(37)35-10-3-4-34-13(7-10)18(33)36/h1-8H,(H2,33,36)(H,34,35,37). The van der Waals surface area contributed by atoms with Crippen LogP contribution in [-0.4, -0.2) is 52.0 Å². The van der Waals surface area contributed by atoms with Gasteiger partial charge in [-0.3, -0.25) is 14.6 Å². The molecule has 40 heavy (non-hydrogen) atoms. The summed E-state index contributed by atoms with van der Waals surface area (Å²) in [5, 5.41) is -0.406. The van der Waals surface area contributed by atoms with Crippen molar-refractivity contribution in [3.63, 3.8) is 0 Å². The number of carbonyl (C=O) groups excluding carboxylic acids is 2. The topological polar surface area (TPSA) is 113 Å². The Hall–Kier alpha value is -4.37. The Morgan fingerprint density at radius 2 is 1.55 bits per heavy atom. The van der Waals surface area contributed by atoms with Gasteiger partial charge in [-0.15, -0.1) is 13.2 Å². The number of carbonyl (C=O) groups is 2. The first-order chi connectivity index (χ1) is 18.3. The van der Waals surface area contributed by atoms with Gasteiger partial charge in [-0.25, -0.2) is 4.39 Å². The first-order valence-corrected chi connectivity index (χ1v) is 10.4. The molecule has 3 aromatic rings. The van der Waals surface area contributed by atoms with Crippen LogP contribution in [0.5, 0.6) is 23.0 Å². The number of alkyl halides is 6. The lowest BCUT2D eigenvalue weighted by Gasteiger charge is -2.25. The van der Waals surface area contributed by atoms with Gasteiger partial charge in [0.05, 0.1) is 5.56 Å². The van der Waals surface area contributed by atoms with Gasteiger partial charge in [0.1, 0.15) is 52.1 Å². The molecule has 2 amide bonds. The van der Waals surface area contributed by atoms with Crippen molar-refractivity contribution in [1.82, 2.24) is 4.98 Å². The Labute approximate surface area is 224 Å². The van der Waals surface area contributed by atoms with E-state index in [-0.39, 0.29) is 23.5 Å². The first kappa shape index (κ1) is 30.2. The van der Waals surface area contributed by atoms with Crippen molar-refractivity contribution in [3.8, 4) is 23.0 Å². The number of ether oxygens (including phenoxy) is 3. The minimum absolute atomic E-state index is 0.00547. The molecule has 18 heteroatoms. The number of hydrogen-bond donors (Lipinski definition) is 2. The summed E-state index contributed by atoms with van der Waals surface area (Å²) in [6, 6.07) is 4.29. The molecule has 6 radical (unpaired) electrons. The van der Waals surface area contributed by atoms with Gasteiger partial charge < -0.3 is 25.3 Å². The monoisotopic (exact) mass is 563 g/mol. The molecular weight excluding hydrogens is 552 g/mol. The van der Waals surface area contributed by atoms with E-state index < -0.39 is 69.6 Å². The van der Waals surface area contributed by atoms with Gasteiger partial charge in [0.2, 0.25) is 0 Å². The lowest BCUT2D eigenvalue weighted by Crippen LogP contribution is -2.37. The maximum absolute atomic E-state index is 15.0. The quantitative estimate of drug-likeness (QED) is 0.319. The molecule has 1 aromatic heterocycles. The maximum atomic E-state index is 15.0. The van der Waals surface area contributed by atoms with Crippen LogP contribution < -0.4 is 25.3 Å². The number of rotatable bonds is 8. The molecule has 3 rings (SSSR count). The first-order valence-electron chi connectivity index (χ1n) is 10.4. The van der Waals surface area contributed by atoms with E-state index in [1.165, 1.54) is 0 Å². The lowest BCUT2D eigenvalue weighted by atomic mass is 9.52. The van der Waals surface area contributed by atoms with Crippen LogP contribution >= 0.6 is 0 Å². The number of nitrogens with one attached hydrogen (secondary N) is 1. The van der Waals surface area contributed by atoms with Gasteiger partial charge >= 0.3 is 12.5 Å². The second-order valence-corrected chi connectivity index (χ2v) is 7.79. The van der Waals surface area contributed by atoms with Gasteiger partial charge in [-0.1, -0.05) is 0 Å². The van der Waals surface area contributed by atoms with Crippen molar-refractivity contribution in [2.45, 2.75) is 17.8 Å². The number of aromatic nitrogens is 1. The summed E-state index contributed by atoms with van der Waals surface area (Å²) >= 11 is 0. The molecule has 202 valence electrons. The lowest BCUT2D eigenvalue weighted by molar-refractivity contribution is -0.274. The van der Waals surface area contributed by atoms with E-state index in [0.717, 1.165) is 18.3 Å². The highest BCUT2D eigenvalue weighted by atomic mass is 19.4. The predicted octanol–water partition coefficient (Wildman–Crippen LogP) is 3.78. The van der Waals surface area contributed by atoms with E-state index in [1.54, 1.807) is 0 Å². The second kappa shape index (κ2) is 11.0. The zero-order valence-electron chi connectivity index (χ0n) is 19.6. The number of halogens is 7. The summed E-state index contributed by atoms with van der Waals surface area (Å²) < 4.78 is 107. The Balaban J connectivity index is 2.11. The van der Waals surface area contributed by atoms with Crippen molar-refractivity contribution in [2.24, 2.45) is 5.73 Å². The van der Waals surface area contributed by atoms with E-state index in [0.29, 0.717) is 18.2 Å². The average Bonchev–Trinajstić information content (AvgIpc) is 2.78. The van der Waals surface area contributed by atoms with Gasteiger partial charge in [0, 0.05) is 18.0 Å².